The molecule has 1 heteroatoms. The molecule has 0 spiro atoms. The van der Waals surface area contributed by atoms with Gasteiger partial charge in [0, 0.05) is 12.0 Å². The molecule has 0 bridgehead atoms. The van der Waals surface area contributed by atoms with E-state index in [1.54, 1.807) is 0 Å². The molecule has 0 saturated heterocycles. The van der Waals surface area contributed by atoms with Crippen molar-refractivity contribution >= 4 is 0 Å². The minimum atomic E-state index is 0.354. The van der Waals surface area contributed by atoms with Gasteiger partial charge in [0.15, 0.2) is 0 Å². The van der Waals surface area contributed by atoms with Gasteiger partial charge in [0.2, 0.25) is 0 Å². The second-order valence-corrected chi connectivity index (χ2v) is 4.55. The maximum Gasteiger partial charge on any atom is 0.0183 e. The number of rotatable bonds is 1. The highest BCUT2D eigenvalue weighted by Crippen LogP contribution is 2.52. The van der Waals surface area contributed by atoms with E-state index >= 15 is 0 Å². The first-order chi connectivity index (χ1) is 6.77. The van der Waals surface area contributed by atoms with Crippen molar-refractivity contribution in [1.82, 2.24) is 0 Å². The summed E-state index contributed by atoms with van der Waals surface area (Å²) in [4.78, 5) is 0. The third-order valence-electron chi connectivity index (χ3n) is 3.74. The van der Waals surface area contributed by atoms with E-state index in [1.165, 1.54) is 11.1 Å². The number of fused-ring (bicyclic) bond motifs is 1. The summed E-state index contributed by atoms with van der Waals surface area (Å²) in [7, 11) is 0. The fraction of sp³-hybridized carbons (Fsp3) is 0.385. The van der Waals surface area contributed by atoms with Gasteiger partial charge in [-0.3, -0.25) is 0 Å². The molecule has 2 unspecified atom stereocenters. The predicted octanol–water partition coefficient (Wildman–Crippen LogP) is 2.22. The molecule has 0 aromatic heterocycles. The van der Waals surface area contributed by atoms with Crippen LogP contribution in [0.5, 0.6) is 0 Å². The van der Waals surface area contributed by atoms with E-state index in [0.29, 0.717) is 17.9 Å². The molecule has 1 saturated carbocycles. The summed E-state index contributed by atoms with van der Waals surface area (Å²) < 4.78 is 0. The highest BCUT2D eigenvalue weighted by molar-refractivity contribution is 5.37. The number of allylic oxidation sites excluding steroid dienone is 1. The van der Waals surface area contributed by atoms with Crippen LogP contribution in [0.25, 0.3) is 0 Å². The first-order valence-corrected chi connectivity index (χ1v) is 5.28. The molecule has 72 valence electrons. The Balaban J connectivity index is 1.89. The summed E-state index contributed by atoms with van der Waals surface area (Å²) in [5, 5.41) is 0. The van der Waals surface area contributed by atoms with Crippen LogP contribution in [-0.2, 0) is 0 Å². The summed E-state index contributed by atoms with van der Waals surface area (Å²) in [6, 6.07) is 9.16. The largest absolute Gasteiger partial charge is 0.327 e. The van der Waals surface area contributed by atoms with Gasteiger partial charge in [-0.05, 0) is 24.3 Å². The zero-order chi connectivity index (χ0) is 9.71. The van der Waals surface area contributed by atoms with Crippen molar-refractivity contribution < 1.29 is 0 Å². The third-order valence-corrected chi connectivity index (χ3v) is 3.74. The van der Waals surface area contributed by atoms with Crippen LogP contribution >= 0.6 is 0 Å². The van der Waals surface area contributed by atoms with Crippen LogP contribution in [0.2, 0.25) is 0 Å². The molecule has 0 amide bonds. The molecule has 0 radical (unpaired) electrons. The van der Waals surface area contributed by atoms with Gasteiger partial charge in [-0.1, -0.05) is 42.0 Å². The third kappa shape index (κ3) is 0.934. The van der Waals surface area contributed by atoms with Gasteiger partial charge in [0.1, 0.15) is 0 Å². The van der Waals surface area contributed by atoms with Crippen molar-refractivity contribution in [2.45, 2.75) is 18.9 Å². The van der Waals surface area contributed by atoms with Crippen LogP contribution in [0.4, 0.5) is 0 Å². The lowest BCUT2D eigenvalue weighted by Gasteiger charge is -2.53. The van der Waals surface area contributed by atoms with E-state index in [1.807, 2.05) is 0 Å². The summed E-state index contributed by atoms with van der Waals surface area (Å²) in [6.07, 6.45) is 4.55. The lowest BCUT2D eigenvalue weighted by molar-refractivity contribution is 0.149. The zero-order valence-corrected chi connectivity index (χ0v) is 8.35. The first-order valence-electron chi connectivity index (χ1n) is 5.28. The van der Waals surface area contributed by atoms with Crippen LogP contribution in [-0.4, -0.2) is 6.04 Å². The van der Waals surface area contributed by atoms with Crippen molar-refractivity contribution in [2.24, 2.45) is 17.6 Å². The smallest absolute Gasteiger partial charge is 0.0183 e. The first kappa shape index (κ1) is 8.25. The quantitative estimate of drug-likeness (QED) is 0.667. The van der Waals surface area contributed by atoms with E-state index in [0.717, 1.165) is 5.92 Å². The van der Waals surface area contributed by atoms with Gasteiger partial charge in [-0.25, -0.2) is 0 Å². The van der Waals surface area contributed by atoms with Gasteiger partial charge in [0.05, 0.1) is 0 Å². The van der Waals surface area contributed by atoms with Gasteiger partial charge in [0.25, 0.3) is 0 Å². The zero-order valence-electron chi connectivity index (χ0n) is 8.35. The minimum Gasteiger partial charge on any atom is -0.327 e. The fourth-order valence-electron chi connectivity index (χ4n) is 2.70. The van der Waals surface area contributed by atoms with Crippen molar-refractivity contribution in [3.05, 3.63) is 47.5 Å². The Kier molecular flexibility index (Phi) is 1.59. The Morgan fingerprint density at radius 2 is 1.64 bits per heavy atom. The Morgan fingerprint density at radius 3 is 2.14 bits per heavy atom. The molecule has 2 aliphatic rings. The van der Waals surface area contributed by atoms with Crippen LogP contribution < -0.4 is 5.73 Å². The number of hydrogen-bond donors (Lipinski definition) is 1. The average Bonchev–Trinajstić information content (AvgIpc) is 2.14. The molecule has 14 heavy (non-hydrogen) atoms. The van der Waals surface area contributed by atoms with Crippen molar-refractivity contribution in [3.8, 4) is 0 Å². The topological polar surface area (TPSA) is 26.0 Å². The molecule has 1 aromatic rings. The van der Waals surface area contributed by atoms with Crippen molar-refractivity contribution in [1.29, 1.82) is 0 Å². The monoisotopic (exact) mass is 185 g/mol. The van der Waals surface area contributed by atoms with E-state index in [-0.39, 0.29) is 0 Å². The van der Waals surface area contributed by atoms with Crippen molar-refractivity contribution in [2.75, 3.05) is 0 Å². The van der Waals surface area contributed by atoms with E-state index in [9.17, 15) is 0 Å². The van der Waals surface area contributed by atoms with Gasteiger partial charge in [-0.15, -0.1) is 0 Å². The maximum absolute atomic E-state index is 6.13. The Hall–Kier alpha value is -1.08. The maximum atomic E-state index is 6.13. The number of nitrogens with two attached hydrogens (primary N) is 1. The lowest BCUT2D eigenvalue weighted by Crippen LogP contribution is -2.56. The molecule has 3 rings (SSSR count). The van der Waals surface area contributed by atoms with E-state index in [4.69, 9.17) is 5.73 Å². The average molecular weight is 185 g/mol. The Morgan fingerprint density at radius 1 is 1.00 bits per heavy atom. The summed E-state index contributed by atoms with van der Waals surface area (Å²) in [5.41, 5.74) is 8.86. The standard InChI is InChI=1S/C13H15N/c1-8-2-4-9(5-3-8)12-10-6-7-11(10)13(12)14/h2-7,10-13H,14H2,1H3/t10?,11?,12-,13-/m1/s1. The molecule has 1 fully saturated rings. The summed E-state index contributed by atoms with van der Waals surface area (Å²) in [5.74, 6) is 1.97. The molecule has 4 atom stereocenters. The fourth-order valence-corrected chi connectivity index (χ4v) is 2.70. The molecular weight excluding hydrogens is 170 g/mol. The van der Waals surface area contributed by atoms with Gasteiger partial charge >= 0.3 is 0 Å². The second-order valence-electron chi connectivity index (χ2n) is 4.55. The molecule has 1 aromatic carbocycles. The predicted molar refractivity (Wildman–Crippen MR) is 58.0 cm³/mol. The molecule has 0 aliphatic heterocycles. The summed E-state index contributed by atoms with van der Waals surface area (Å²) in [6.45, 7) is 2.12. The van der Waals surface area contributed by atoms with Crippen LogP contribution in [0.15, 0.2) is 36.4 Å². The van der Waals surface area contributed by atoms with Crippen LogP contribution in [0, 0.1) is 18.8 Å². The van der Waals surface area contributed by atoms with Crippen LogP contribution in [0.3, 0.4) is 0 Å². The molecule has 2 aliphatic carbocycles. The summed E-state index contributed by atoms with van der Waals surface area (Å²) >= 11 is 0. The van der Waals surface area contributed by atoms with Crippen molar-refractivity contribution in [3.63, 3.8) is 0 Å². The minimum absolute atomic E-state index is 0.354. The second kappa shape index (κ2) is 2.71. The molecule has 0 heterocycles. The van der Waals surface area contributed by atoms with E-state index < -0.39 is 0 Å². The van der Waals surface area contributed by atoms with Crippen LogP contribution in [0.1, 0.15) is 17.0 Å². The molecule has 1 nitrogen and oxygen atoms in total. The highest BCUT2D eigenvalue weighted by atomic mass is 14.8. The number of aryl methyl sites for hydroxylation is 1. The molecule has 2 N–H and O–H groups in total. The normalized spacial score (nSPS) is 38.4. The number of benzene rings is 1. The SMILES string of the molecule is Cc1ccc([C@@H]2C3C=CC3[C@H]2N)cc1. The molecular formula is C13H15N. The lowest BCUT2D eigenvalue weighted by atomic mass is 9.53. The van der Waals surface area contributed by atoms with Gasteiger partial charge < -0.3 is 5.73 Å². The van der Waals surface area contributed by atoms with E-state index in [2.05, 4.69) is 43.3 Å². The highest BCUT2D eigenvalue weighted by Gasteiger charge is 2.50. The Bertz CT molecular complexity index is 377. The Labute approximate surface area is 84.6 Å². The number of hydrogen-bond acceptors (Lipinski definition) is 1. The van der Waals surface area contributed by atoms with Gasteiger partial charge in [-0.2, -0.15) is 0 Å².